The van der Waals surface area contributed by atoms with E-state index in [4.69, 9.17) is 0 Å². The lowest BCUT2D eigenvalue weighted by Gasteiger charge is -2.34. The molecule has 0 radical (unpaired) electrons. The molecular weight excluding hydrogens is 328 g/mol. The summed E-state index contributed by atoms with van der Waals surface area (Å²) >= 11 is 0. The highest BCUT2D eigenvalue weighted by Gasteiger charge is 2.21. The van der Waals surface area contributed by atoms with Gasteiger partial charge >= 0.3 is 0 Å². The second kappa shape index (κ2) is 9.14. The van der Waals surface area contributed by atoms with E-state index < -0.39 is 0 Å². The Morgan fingerprint density at radius 3 is 2.15 bits per heavy atom. The van der Waals surface area contributed by atoms with Crippen LogP contribution >= 0.6 is 0 Å². The lowest BCUT2D eigenvalue weighted by molar-refractivity contribution is -0.131. The van der Waals surface area contributed by atoms with Crippen LogP contribution in [0.2, 0.25) is 0 Å². The van der Waals surface area contributed by atoms with E-state index in [1.807, 2.05) is 6.92 Å². The maximum absolute atomic E-state index is 12.4. The van der Waals surface area contributed by atoms with Crippen LogP contribution in [-0.4, -0.2) is 79.9 Å². The molecule has 1 aliphatic heterocycles. The summed E-state index contributed by atoms with van der Waals surface area (Å²) in [7, 11) is 3.55. The van der Waals surface area contributed by atoms with Crippen LogP contribution in [0.1, 0.15) is 29.7 Å². The molecule has 144 valence electrons. The van der Waals surface area contributed by atoms with Gasteiger partial charge in [-0.2, -0.15) is 0 Å². The zero-order valence-electron chi connectivity index (χ0n) is 16.7. The van der Waals surface area contributed by atoms with Gasteiger partial charge in [0, 0.05) is 40.3 Å². The minimum absolute atomic E-state index is 0.000743. The van der Waals surface area contributed by atoms with Gasteiger partial charge in [-0.15, -0.1) is 0 Å². The first-order valence-corrected chi connectivity index (χ1v) is 9.27. The Labute approximate surface area is 157 Å². The Balaban J connectivity index is 1.76. The molecule has 1 N–H and O–H groups in total. The molecule has 1 fully saturated rings. The molecule has 0 saturated carbocycles. The Morgan fingerprint density at radius 2 is 1.62 bits per heavy atom. The maximum atomic E-state index is 12.4. The summed E-state index contributed by atoms with van der Waals surface area (Å²) in [6, 6.07) is 6.32. The SMILES string of the molecule is Cc1ccc(C(C)NC(=O)CN2CCN(CC(=O)N(C)C)CC2)cc1C. The molecular formula is C20H32N4O2. The van der Waals surface area contributed by atoms with Crippen LogP contribution in [0.5, 0.6) is 0 Å². The van der Waals surface area contributed by atoms with Crippen molar-refractivity contribution in [2.45, 2.75) is 26.8 Å². The Bertz CT molecular complexity index is 637. The van der Waals surface area contributed by atoms with Crippen LogP contribution in [0.15, 0.2) is 18.2 Å². The lowest BCUT2D eigenvalue weighted by Crippen LogP contribution is -2.51. The summed E-state index contributed by atoms with van der Waals surface area (Å²) in [5.74, 6) is 0.173. The van der Waals surface area contributed by atoms with Crippen molar-refractivity contribution in [3.05, 3.63) is 34.9 Å². The minimum atomic E-state index is 0.000743. The fraction of sp³-hybridized carbons (Fsp3) is 0.600. The van der Waals surface area contributed by atoms with E-state index in [2.05, 4.69) is 47.2 Å². The first-order chi connectivity index (χ1) is 12.3. The lowest BCUT2D eigenvalue weighted by atomic mass is 10.0. The average Bonchev–Trinajstić information content (AvgIpc) is 2.58. The first kappa shape index (κ1) is 20.4. The van der Waals surface area contributed by atoms with Crippen molar-refractivity contribution >= 4 is 11.8 Å². The van der Waals surface area contributed by atoms with Crippen molar-refractivity contribution in [3.8, 4) is 0 Å². The molecule has 1 aromatic rings. The summed E-state index contributed by atoms with van der Waals surface area (Å²) < 4.78 is 0. The molecule has 0 aliphatic carbocycles. The number of likely N-dealkylation sites (N-methyl/N-ethyl adjacent to an activating group) is 1. The van der Waals surface area contributed by atoms with Crippen LogP contribution in [-0.2, 0) is 9.59 Å². The smallest absolute Gasteiger partial charge is 0.236 e. The highest BCUT2D eigenvalue weighted by atomic mass is 16.2. The van der Waals surface area contributed by atoms with E-state index in [0.717, 1.165) is 31.7 Å². The van der Waals surface area contributed by atoms with Crippen LogP contribution < -0.4 is 5.32 Å². The highest BCUT2D eigenvalue weighted by Crippen LogP contribution is 2.16. The van der Waals surface area contributed by atoms with Crippen molar-refractivity contribution < 1.29 is 9.59 Å². The highest BCUT2D eigenvalue weighted by molar-refractivity contribution is 5.78. The van der Waals surface area contributed by atoms with Crippen molar-refractivity contribution in [2.24, 2.45) is 0 Å². The monoisotopic (exact) mass is 360 g/mol. The van der Waals surface area contributed by atoms with Crippen LogP contribution in [0.3, 0.4) is 0 Å². The quantitative estimate of drug-likeness (QED) is 0.828. The number of nitrogens with one attached hydrogen (secondary N) is 1. The molecule has 2 rings (SSSR count). The van der Waals surface area contributed by atoms with Crippen LogP contribution in [0, 0.1) is 13.8 Å². The summed E-state index contributed by atoms with van der Waals surface area (Å²) in [4.78, 5) is 30.1. The summed E-state index contributed by atoms with van der Waals surface area (Å²) in [5.41, 5.74) is 3.64. The third-order valence-electron chi connectivity index (χ3n) is 5.10. The Hall–Kier alpha value is -1.92. The number of nitrogens with zero attached hydrogens (tertiary/aromatic N) is 3. The molecule has 1 unspecified atom stereocenters. The number of carbonyl (C=O) groups is 2. The number of aryl methyl sites for hydroxylation is 2. The van der Waals surface area contributed by atoms with Gasteiger partial charge in [0.1, 0.15) is 0 Å². The van der Waals surface area contributed by atoms with E-state index in [1.54, 1.807) is 19.0 Å². The van der Waals surface area contributed by atoms with Gasteiger partial charge in [0.05, 0.1) is 19.1 Å². The van der Waals surface area contributed by atoms with E-state index in [1.165, 1.54) is 11.1 Å². The minimum Gasteiger partial charge on any atom is -0.348 e. The number of hydrogen-bond donors (Lipinski definition) is 1. The normalized spacial score (nSPS) is 17.0. The number of carbonyl (C=O) groups excluding carboxylic acids is 2. The molecule has 6 heteroatoms. The largest absolute Gasteiger partial charge is 0.348 e. The third kappa shape index (κ3) is 5.81. The maximum Gasteiger partial charge on any atom is 0.236 e. The number of piperazine rings is 1. The van der Waals surface area contributed by atoms with E-state index in [9.17, 15) is 9.59 Å². The second-order valence-corrected chi connectivity index (χ2v) is 7.47. The van der Waals surface area contributed by atoms with Gasteiger partial charge in [0.25, 0.3) is 0 Å². The number of hydrogen-bond acceptors (Lipinski definition) is 4. The van der Waals surface area contributed by atoms with E-state index >= 15 is 0 Å². The molecule has 1 aromatic carbocycles. The zero-order chi connectivity index (χ0) is 19.3. The van der Waals surface area contributed by atoms with Crippen molar-refractivity contribution in [1.82, 2.24) is 20.0 Å². The molecule has 26 heavy (non-hydrogen) atoms. The topological polar surface area (TPSA) is 55.9 Å². The van der Waals surface area contributed by atoms with Gasteiger partial charge in [-0.25, -0.2) is 0 Å². The third-order valence-corrected chi connectivity index (χ3v) is 5.10. The van der Waals surface area contributed by atoms with Crippen LogP contribution in [0.4, 0.5) is 0 Å². The summed E-state index contributed by atoms with van der Waals surface area (Å²) in [5, 5.41) is 3.09. The molecule has 1 atom stereocenters. The molecule has 0 aromatic heterocycles. The van der Waals surface area contributed by atoms with Gasteiger partial charge in [-0.05, 0) is 37.5 Å². The van der Waals surface area contributed by atoms with Gasteiger partial charge in [-0.1, -0.05) is 18.2 Å². The van der Waals surface area contributed by atoms with Crippen molar-refractivity contribution in [1.29, 1.82) is 0 Å². The molecule has 1 saturated heterocycles. The van der Waals surface area contributed by atoms with Crippen molar-refractivity contribution in [3.63, 3.8) is 0 Å². The second-order valence-electron chi connectivity index (χ2n) is 7.47. The first-order valence-electron chi connectivity index (χ1n) is 9.27. The van der Waals surface area contributed by atoms with Gasteiger partial charge in [0.2, 0.25) is 11.8 Å². The number of rotatable bonds is 6. The molecule has 1 heterocycles. The average molecular weight is 361 g/mol. The van der Waals surface area contributed by atoms with Gasteiger partial charge < -0.3 is 10.2 Å². The molecule has 0 spiro atoms. The standard InChI is InChI=1S/C20H32N4O2/c1-15-6-7-18(12-16(15)2)17(3)21-19(25)13-23-8-10-24(11-9-23)14-20(26)22(4)5/h6-7,12,17H,8-11,13-14H2,1-5H3,(H,21,25). The predicted molar refractivity (Wildman–Crippen MR) is 104 cm³/mol. The van der Waals surface area contributed by atoms with Gasteiger partial charge in [-0.3, -0.25) is 19.4 Å². The summed E-state index contributed by atoms with van der Waals surface area (Å²) in [6.45, 7) is 10.3. The Morgan fingerprint density at radius 1 is 1.04 bits per heavy atom. The zero-order valence-corrected chi connectivity index (χ0v) is 16.7. The van der Waals surface area contributed by atoms with Crippen LogP contribution in [0.25, 0.3) is 0 Å². The molecule has 0 bridgehead atoms. The summed E-state index contributed by atoms with van der Waals surface area (Å²) in [6.07, 6.45) is 0. The fourth-order valence-electron chi connectivity index (χ4n) is 3.05. The van der Waals surface area contributed by atoms with Gasteiger partial charge in [0.15, 0.2) is 0 Å². The number of benzene rings is 1. The van der Waals surface area contributed by atoms with Crippen molar-refractivity contribution in [2.75, 3.05) is 53.4 Å². The predicted octanol–water partition coefficient (Wildman–Crippen LogP) is 1.19. The van der Waals surface area contributed by atoms with E-state index in [-0.39, 0.29) is 17.9 Å². The molecule has 1 aliphatic rings. The molecule has 2 amide bonds. The Kier molecular flexibility index (Phi) is 7.17. The number of amides is 2. The fourth-order valence-corrected chi connectivity index (χ4v) is 3.05. The molecule has 6 nitrogen and oxygen atoms in total. The van der Waals surface area contributed by atoms with E-state index in [0.29, 0.717) is 13.1 Å².